The van der Waals surface area contributed by atoms with Crippen molar-refractivity contribution in [2.75, 3.05) is 43.5 Å². The lowest BCUT2D eigenvalue weighted by Gasteiger charge is -2.34. The van der Waals surface area contributed by atoms with Crippen LogP contribution in [0.5, 0.6) is 0 Å². The van der Waals surface area contributed by atoms with Crippen molar-refractivity contribution in [1.82, 2.24) is 25.5 Å². The quantitative estimate of drug-likeness (QED) is 0.369. The van der Waals surface area contributed by atoms with E-state index in [1.54, 1.807) is 24.5 Å². The average molecular weight is 478 g/mol. The molecule has 3 aromatic heterocycles. The normalized spacial score (nSPS) is 15.7. The molecule has 4 N–H and O–H groups in total. The standard InChI is InChI=1S/C22H21FN6O.C4H11N/c1-13-12-30-9-8-29(13)20-11-17(15-3-2-14(24)10-18(15)23)16-4-6-25-22(21(16)27-20)19-5-7-26-28-19;1-3-5-4-2/h2-7,10-11,13H,8-9,12,24H2,1H3,(H,26,28);5H,3-4H2,1-2H3/t13-;/m1./s1. The van der Waals surface area contributed by atoms with Crippen LogP contribution in [0.3, 0.4) is 0 Å². The highest BCUT2D eigenvalue weighted by Gasteiger charge is 2.23. The Morgan fingerprint density at radius 1 is 1.14 bits per heavy atom. The third-order valence-corrected chi connectivity index (χ3v) is 5.92. The number of H-pyrrole nitrogens is 1. The molecule has 4 aromatic rings. The highest BCUT2D eigenvalue weighted by Crippen LogP contribution is 2.36. The Morgan fingerprint density at radius 3 is 2.63 bits per heavy atom. The lowest BCUT2D eigenvalue weighted by molar-refractivity contribution is 0.0986. The number of hydrogen-bond donors (Lipinski definition) is 3. The van der Waals surface area contributed by atoms with E-state index in [4.69, 9.17) is 15.5 Å². The number of nitrogen functional groups attached to an aromatic ring is 1. The minimum absolute atomic E-state index is 0.153. The predicted octanol–water partition coefficient (Wildman–Crippen LogP) is 4.25. The van der Waals surface area contributed by atoms with Crippen molar-refractivity contribution in [2.45, 2.75) is 26.8 Å². The Labute approximate surface area is 204 Å². The Morgan fingerprint density at radius 2 is 1.97 bits per heavy atom. The zero-order chi connectivity index (χ0) is 24.8. The monoisotopic (exact) mass is 477 g/mol. The number of aromatic nitrogens is 4. The number of benzene rings is 1. The summed E-state index contributed by atoms with van der Waals surface area (Å²) in [5.41, 5.74) is 9.49. The molecule has 0 bridgehead atoms. The number of nitrogens with two attached hydrogens (primary N) is 1. The zero-order valence-electron chi connectivity index (χ0n) is 20.4. The maximum absolute atomic E-state index is 14.9. The van der Waals surface area contributed by atoms with E-state index in [2.05, 4.69) is 46.2 Å². The Hall–Kier alpha value is -3.56. The maximum Gasteiger partial charge on any atom is 0.133 e. The molecule has 1 saturated heterocycles. The SMILES string of the molecule is CCNCC.C[C@@H]1COCCN1c1cc(-c2ccc(N)cc2F)c2ccnc(-c3ccn[nH]3)c2n1. The third kappa shape index (κ3) is 5.41. The fraction of sp³-hybridized carbons (Fsp3) is 0.346. The van der Waals surface area contributed by atoms with Gasteiger partial charge in [0.25, 0.3) is 0 Å². The number of morpholine rings is 1. The minimum atomic E-state index is -0.372. The van der Waals surface area contributed by atoms with Gasteiger partial charge < -0.3 is 20.7 Å². The molecule has 1 aromatic carbocycles. The maximum atomic E-state index is 14.9. The molecule has 8 nitrogen and oxygen atoms in total. The van der Waals surface area contributed by atoms with E-state index in [0.29, 0.717) is 42.2 Å². The number of hydrogen-bond acceptors (Lipinski definition) is 7. The van der Waals surface area contributed by atoms with E-state index in [0.717, 1.165) is 35.6 Å². The summed E-state index contributed by atoms with van der Waals surface area (Å²) in [6.07, 6.45) is 3.38. The smallest absolute Gasteiger partial charge is 0.133 e. The molecule has 0 unspecified atom stereocenters. The van der Waals surface area contributed by atoms with E-state index in [1.807, 2.05) is 18.2 Å². The molecule has 1 atom stereocenters. The van der Waals surface area contributed by atoms with Gasteiger partial charge in [-0.1, -0.05) is 13.8 Å². The van der Waals surface area contributed by atoms with Gasteiger partial charge in [0.05, 0.1) is 24.9 Å². The summed E-state index contributed by atoms with van der Waals surface area (Å²) in [6.45, 7) is 10.4. The number of ether oxygens (including phenoxy) is 1. The van der Waals surface area contributed by atoms with E-state index >= 15 is 0 Å². The van der Waals surface area contributed by atoms with Crippen molar-refractivity contribution in [3.63, 3.8) is 0 Å². The van der Waals surface area contributed by atoms with Gasteiger partial charge in [-0.25, -0.2) is 9.37 Å². The molecule has 35 heavy (non-hydrogen) atoms. The van der Waals surface area contributed by atoms with Gasteiger partial charge in [0.15, 0.2) is 0 Å². The predicted molar refractivity (Wildman–Crippen MR) is 139 cm³/mol. The lowest BCUT2D eigenvalue weighted by atomic mass is 9.99. The first-order valence-corrected chi connectivity index (χ1v) is 11.9. The van der Waals surface area contributed by atoms with Crippen LogP contribution in [0.15, 0.2) is 48.8 Å². The van der Waals surface area contributed by atoms with Crippen LogP contribution < -0.4 is 16.0 Å². The Kier molecular flexibility index (Phi) is 7.89. The van der Waals surface area contributed by atoms with Gasteiger partial charge in [-0.05, 0) is 62.0 Å². The molecule has 4 heterocycles. The number of nitrogens with zero attached hydrogens (tertiary/aromatic N) is 4. The fourth-order valence-corrected chi connectivity index (χ4v) is 4.16. The van der Waals surface area contributed by atoms with Gasteiger partial charge in [0, 0.05) is 35.6 Å². The van der Waals surface area contributed by atoms with Crippen LogP contribution >= 0.6 is 0 Å². The van der Waals surface area contributed by atoms with E-state index in [9.17, 15) is 4.39 Å². The molecule has 1 aliphatic heterocycles. The van der Waals surface area contributed by atoms with Crippen molar-refractivity contribution in [2.24, 2.45) is 0 Å². The second-order valence-electron chi connectivity index (χ2n) is 8.37. The molecular weight excluding hydrogens is 445 g/mol. The van der Waals surface area contributed by atoms with Crippen molar-refractivity contribution in [3.8, 4) is 22.5 Å². The van der Waals surface area contributed by atoms with Gasteiger partial charge in [0.1, 0.15) is 22.8 Å². The number of rotatable bonds is 5. The highest BCUT2D eigenvalue weighted by molar-refractivity contribution is 6.01. The molecule has 9 heteroatoms. The number of halogens is 1. The van der Waals surface area contributed by atoms with Crippen LogP contribution in [0.25, 0.3) is 33.4 Å². The second-order valence-corrected chi connectivity index (χ2v) is 8.37. The summed E-state index contributed by atoms with van der Waals surface area (Å²) in [6, 6.07) is 10.6. The van der Waals surface area contributed by atoms with Crippen LogP contribution in [0.2, 0.25) is 0 Å². The Bertz CT molecular complexity index is 1260. The molecule has 0 aliphatic carbocycles. The Balaban J connectivity index is 0.000000527. The second kappa shape index (κ2) is 11.2. The summed E-state index contributed by atoms with van der Waals surface area (Å²) in [5.74, 6) is 0.390. The first-order valence-electron chi connectivity index (χ1n) is 11.9. The van der Waals surface area contributed by atoms with Crippen LogP contribution in [-0.2, 0) is 4.74 Å². The minimum Gasteiger partial charge on any atom is -0.399 e. The molecule has 0 spiro atoms. The molecule has 1 aliphatic rings. The van der Waals surface area contributed by atoms with Crippen LogP contribution in [0.1, 0.15) is 20.8 Å². The molecule has 0 saturated carbocycles. The molecule has 1 fully saturated rings. The zero-order valence-corrected chi connectivity index (χ0v) is 20.4. The largest absolute Gasteiger partial charge is 0.399 e. The van der Waals surface area contributed by atoms with Crippen LogP contribution in [-0.4, -0.2) is 59.1 Å². The lowest BCUT2D eigenvalue weighted by Crippen LogP contribution is -2.44. The average Bonchev–Trinajstić information content (AvgIpc) is 3.39. The summed E-state index contributed by atoms with van der Waals surface area (Å²) in [4.78, 5) is 11.7. The summed E-state index contributed by atoms with van der Waals surface area (Å²) < 4.78 is 20.5. The summed E-state index contributed by atoms with van der Waals surface area (Å²) in [5, 5.41) is 10.9. The van der Waals surface area contributed by atoms with E-state index < -0.39 is 0 Å². The molecule has 0 radical (unpaired) electrons. The van der Waals surface area contributed by atoms with Crippen LogP contribution in [0, 0.1) is 5.82 Å². The number of anilines is 2. The van der Waals surface area contributed by atoms with Crippen molar-refractivity contribution < 1.29 is 9.13 Å². The fourth-order valence-electron chi connectivity index (χ4n) is 4.16. The first kappa shape index (κ1) is 24.6. The molecule has 184 valence electrons. The number of aromatic amines is 1. The number of fused-ring (bicyclic) bond motifs is 1. The number of nitrogens with one attached hydrogen (secondary N) is 2. The number of pyridine rings is 2. The van der Waals surface area contributed by atoms with Gasteiger partial charge in [-0.15, -0.1) is 0 Å². The summed E-state index contributed by atoms with van der Waals surface area (Å²) in [7, 11) is 0. The topological polar surface area (TPSA) is 105 Å². The molecule has 5 rings (SSSR count). The van der Waals surface area contributed by atoms with Gasteiger partial charge in [-0.2, -0.15) is 5.10 Å². The third-order valence-electron chi connectivity index (χ3n) is 5.92. The molecule has 0 amide bonds. The van der Waals surface area contributed by atoms with Crippen LogP contribution in [0.4, 0.5) is 15.9 Å². The van der Waals surface area contributed by atoms with Crippen molar-refractivity contribution in [1.29, 1.82) is 0 Å². The first-order chi connectivity index (χ1) is 17.0. The van der Waals surface area contributed by atoms with Gasteiger partial charge in [0.2, 0.25) is 0 Å². The van der Waals surface area contributed by atoms with Gasteiger partial charge in [-0.3, -0.25) is 10.1 Å². The highest BCUT2D eigenvalue weighted by atomic mass is 19.1. The van der Waals surface area contributed by atoms with E-state index in [1.165, 1.54) is 6.07 Å². The van der Waals surface area contributed by atoms with E-state index in [-0.39, 0.29) is 11.9 Å². The van der Waals surface area contributed by atoms with Crippen molar-refractivity contribution >= 4 is 22.4 Å². The van der Waals surface area contributed by atoms with Gasteiger partial charge >= 0.3 is 0 Å². The van der Waals surface area contributed by atoms with Crippen molar-refractivity contribution in [3.05, 3.63) is 54.6 Å². The molecular formula is C26H32FN7O. The summed E-state index contributed by atoms with van der Waals surface area (Å²) >= 11 is 0.